The van der Waals surface area contributed by atoms with Gasteiger partial charge in [0.2, 0.25) is 0 Å². The maximum absolute atomic E-state index is 14.0. The number of esters is 1. The van der Waals surface area contributed by atoms with Crippen molar-refractivity contribution in [3.8, 4) is 11.5 Å². The predicted octanol–water partition coefficient (Wildman–Crippen LogP) is 5.47. The number of carbonyl (C=O) groups is 2. The Kier molecular flexibility index (Phi) is 9.82. The Labute approximate surface area is 252 Å². The molecule has 1 atom stereocenters. The molecule has 216 valence electrons. The van der Waals surface area contributed by atoms with E-state index in [4.69, 9.17) is 25.4 Å². The Balaban J connectivity index is 1.73. The van der Waals surface area contributed by atoms with Gasteiger partial charge in [-0.05, 0) is 65.7 Å². The quantitative estimate of drug-likeness (QED) is 0.0706. The number of rotatable bonds is 12. The molecule has 4 rings (SSSR count). The Morgan fingerprint density at radius 1 is 0.905 bits per heavy atom. The summed E-state index contributed by atoms with van der Waals surface area (Å²) >= 11 is 3.46. The van der Waals surface area contributed by atoms with Crippen LogP contribution in [0.5, 0.6) is 11.5 Å². The van der Waals surface area contributed by atoms with Crippen LogP contribution in [0, 0.1) is 5.41 Å². The van der Waals surface area contributed by atoms with Crippen molar-refractivity contribution in [1.82, 2.24) is 5.32 Å². The van der Waals surface area contributed by atoms with Gasteiger partial charge in [0.25, 0.3) is 11.6 Å². The molecule has 42 heavy (non-hydrogen) atoms. The lowest BCUT2D eigenvalue weighted by Gasteiger charge is -2.34. The van der Waals surface area contributed by atoms with Crippen molar-refractivity contribution in [2.75, 3.05) is 12.4 Å². The normalized spacial score (nSPS) is 12.0. The first-order valence-electron chi connectivity index (χ1n) is 13.0. The summed E-state index contributed by atoms with van der Waals surface area (Å²) in [7, 11) is 1.49. The summed E-state index contributed by atoms with van der Waals surface area (Å²) in [6.45, 7) is 1.70. The summed E-state index contributed by atoms with van der Waals surface area (Å²) in [6.07, 6.45) is 0. The van der Waals surface area contributed by atoms with Crippen LogP contribution in [0.15, 0.2) is 102 Å². The fourth-order valence-electron chi connectivity index (χ4n) is 4.24. The Morgan fingerprint density at radius 3 is 2.26 bits per heavy atom. The summed E-state index contributed by atoms with van der Waals surface area (Å²) in [5.74, 6) is -0.623. The number of amidine groups is 1. The average molecular weight is 632 g/mol. The maximum Gasteiger partial charge on any atom is 0.305 e. The first-order chi connectivity index (χ1) is 20.2. The lowest BCUT2D eigenvalue weighted by Crippen LogP contribution is -2.52. The molecule has 1 amide bonds. The van der Waals surface area contributed by atoms with E-state index >= 15 is 0 Å². The molecule has 0 fully saturated rings. The first kappa shape index (κ1) is 30.1. The van der Waals surface area contributed by atoms with Gasteiger partial charge in [-0.2, -0.15) is 0 Å². The zero-order valence-corrected chi connectivity index (χ0v) is 24.7. The molecule has 4 aromatic rings. The largest absolute Gasteiger partial charge is 0.493 e. The van der Waals surface area contributed by atoms with Crippen molar-refractivity contribution >= 4 is 39.3 Å². The topological polar surface area (TPSA) is 136 Å². The van der Waals surface area contributed by atoms with Crippen LogP contribution in [0.4, 0.5) is 5.69 Å². The van der Waals surface area contributed by atoms with E-state index in [0.717, 1.165) is 15.6 Å². The van der Waals surface area contributed by atoms with Crippen molar-refractivity contribution in [3.05, 3.63) is 124 Å². The molecule has 0 aliphatic heterocycles. The second-order valence-corrected chi connectivity index (χ2v) is 10.3. The van der Waals surface area contributed by atoms with Crippen molar-refractivity contribution in [2.45, 2.75) is 25.8 Å². The summed E-state index contributed by atoms with van der Waals surface area (Å²) in [6, 6.07) is 28.6. The van der Waals surface area contributed by atoms with Gasteiger partial charge in [0.05, 0.1) is 7.11 Å². The van der Waals surface area contributed by atoms with Crippen LogP contribution in [0.2, 0.25) is 0 Å². The number of carbonyl (C=O) groups excluding carboxylic acids is 2. The minimum absolute atomic E-state index is 0.100. The van der Waals surface area contributed by atoms with Gasteiger partial charge in [0, 0.05) is 34.8 Å². The molecular weight excluding hydrogens is 600 g/mol. The molecule has 0 aliphatic carbocycles. The highest BCUT2D eigenvalue weighted by molar-refractivity contribution is 9.10. The summed E-state index contributed by atoms with van der Waals surface area (Å²) in [5.41, 5.74) is 6.67. The number of hydrogen-bond donors (Lipinski definition) is 4. The van der Waals surface area contributed by atoms with Crippen LogP contribution in [0.1, 0.15) is 29.2 Å². The molecule has 0 spiro atoms. The van der Waals surface area contributed by atoms with Crippen LogP contribution < -0.4 is 25.8 Å². The van der Waals surface area contributed by atoms with Crippen molar-refractivity contribution < 1.29 is 23.8 Å². The van der Waals surface area contributed by atoms with Crippen LogP contribution in [0.3, 0.4) is 0 Å². The highest BCUT2D eigenvalue weighted by atomic mass is 79.9. The molecule has 9 nitrogen and oxygen atoms in total. The van der Waals surface area contributed by atoms with Crippen LogP contribution >= 0.6 is 15.9 Å². The molecule has 0 bridgehead atoms. The Bertz CT molecular complexity index is 1560. The highest BCUT2D eigenvalue weighted by Gasteiger charge is 2.45. The lowest BCUT2D eigenvalue weighted by atomic mass is 9.99. The summed E-state index contributed by atoms with van der Waals surface area (Å²) in [5, 5.41) is 13.7. The van der Waals surface area contributed by atoms with Gasteiger partial charge in [-0.15, -0.1) is 0 Å². The minimum atomic E-state index is -1.99. The van der Waals surface area contributed by atoms with Gasteiger partial charge < -0.3 is 30.6 Å². The molecular formula is C32H31BrN4O5. The van der Waals surface area contributed by atoms with E-state index in [1.165, 1.54) is 14.0 Å². The third-order valence-corrected chi connectivity index (χ3v) is 6.78. The van der Waals surface area contributed by atoms with Crippen LogP contribution in [0.25, 0.3) is 0 Å². The number of methoxy groups -OCH3 is 1. The third-order valence-electron chi connectivity index (χ3n) is 6.28. The molecule has 0 aliphatic rings. The number of ether oxygens (including phenoxy) is 3. The maximum atomic E-state index is 14.0. The van der Waals surface area contributed by atoms with E-state index in [0.29, 0.717) is 28.3 Å². The highest BCUT2D eigenvalue weighted by Crippen LogP contribution is 2.36. The molecule has 5 N–H and O–H groups in total. The Morgan fingerprint density at radius 2 is 1.62 bits per heavy atom. The number of benzene rings is 4. The monoisotopic (exact) mass is 630 g/mol. The second-order valence-electron chi connectivity index (χ2n) is 9.34. The number of nitrogen functional groups attached to an aromatic ring is 1. The van der Waals surface area contributed by atoms with E-state index in [9.17, 15) is 9.59 Å². The van der Waals surface area contributed by atoms with Crippen molar-refractivity contribution in [1.29, 1.82) is 5.41 Å². The number of nitrogens with one attached hydrogen (secondary N) is 3. The minimum Gasteiger partial charge on any atom is -0.493 e. The summed E-state index contributed by atoms with van der Waals surface area (Å²) in [4.78, 5) is 26.5. The molecule has 0 heterocycles. The first-order valence-corrected chi connectivity index (χ1v) is 13.8. The molecule has 0 aromatic heterocycles. The number of amides is 1. The fourth-order valence-corrected chi connectivity index (χ4v) is 4.69. The Hall–Kier alpha value is -4.83. The standard InChI is InChI=1S/C32H31BrN4O5/c1-21(38)42-32(31(39)36-19-22-7-4-3-5-8-22,37-27-14-11-24(12-15-27)30(34)35)25-13-16-28(29(18-25)40-2)41-20-23-9-6-10-26(33)17-23/h3-18,37H,19-20H2,1-2H3,(H3,34,35)(H,36,39). The molecule has 4 aromatic carbocycles. The number of halogens is 1. The molecule has 1 unspecified atom stereocenters. The smallest absolute Gasteiger partial charge is 0.305 e. The third kappa shape index (κ3) is 7.46. The SMILES string of the molecule is COc1cc(C(Nc2ccc(C(=N)N)cc2)(OC(C)=O)C(=O)NCc2ccccc2)ccc1OCc1cccc(Br)c1. The van der Waals surface area contributed by atoms with E-state index in [1.807, 2.05) is 54.6 Å². The number of hydrogen-bond acceptors (Lipinski definition) is 7. The molecule has 10 heteroatoms. The van der Waals surface area contributed by atoms with Gasteiger partial charge in [-0.25, -0.2) is 0 Å². The van der Waals surface area contributed by atoms with Crippen LogP contribution in [-0.4, -0.2) is 24.8 Å². The van der Waals surface area contributed by atoms with E-state index < -0.39 is 17.6 Å². The second kappa shape index (κ2) is 13.7. The predicted molar refractivity (Wildman–Crippen MR) is 164 cm³/mol. The lowest BCUT2D eigenvalue weighted by molar-refractivity contribution is -0.165. The zero-order chi connectivity index (χ0) is 30.1. The number of nitrogens with two attached hydrogens (primary N) is 1. The molecule has 0 radical (unpaired) electrons. The van der Waals surface area contributed by atoms with Crippen LogP contribution in [-0.2, 0) is 33.2 Å². The van der Waals surface area contributed by atoms with Crippen molar-refractivity contribution in [2.24, 2.45) is 5.73 Å². The fraction of sp³-hybridized carbons (Fsp3) is 0.156. The molecule has 0 saturated carbocycles. The molecule has 0 saturated heterocycles. The van der Waals surface area contributed by atoms with E-state index in [-0.39, 0.29) is 19.0 Å². The van der Waals surface area contributed by atoms with Gasteiger partial charge in [0.15, 0.2) is 11.5 Å². The van der Waals surface area contributed by atoms with E-state index in [1.54, 1.807) is 42.5 Å². The van der Waals surface area contributed by atoms with Gasteiger partial charge >= 0.3 is 5.97 Å². The zero-order valence-electron chi connectivity index (χ0n) is 23.1. The average Bonchev–Trinajstić information content (AvgIpc) is 2.99. The van der Waals surface area contributed by atoms with Crippen molar-refractivity contribution in [3.63, 3.8) is 0 Å². The summed E-state index contributed by atoms with van der Waals surface area (Å²) < 4.78 is 18.4. The van der Waals surface area contributed by atoms with E-state index in [2.05, 4.69) is 26.6 Å². The van der Waals surface area contributed by atoms with Gasteiger partial charge in [-0.1, -0.05) is 58.4 Å². The van der Waals surface area contributed by atoms with Gasteiger partial charge in [-0.3, -0.25) is 15.0 Å². The van der Waals surface area contributed by atoms with Gasteiger partial charge in [0.1, 0.15) is 12.4 Å². The number of anilines is 1.